The first-order valence-corrected chi connectivity index (χ1v) is 7.87. The van der Waals surface area contributed by atoms with Crippen LogP contribution in [0.15, 0.2) is 59.8 Å². The smallest absolute Gasteiger partial charge is 0.0358 e. The van der Waals surface area contributed by atoms with Crippen LogP contribution in [0.4, 0.5) is 0 Å². The Morgan fingerprint density at radius 3 is 2.60 bits per heavy atom. The topological polar surface area (TPSA) is 26.0 Å². The van der Waals surface area contributed by atoms with Gasteiger partial charge in [0, 0.05) is 10.9 Å². The van der Waals surface area contributed by atoms with E-state index in [2.05, 4.69) is 42.5 Å². The molecule has 2 atom stereocenters. The fraction of sp³-hybridized carbons (Fsp3) is 0.333. The largest absolute Gasteiger partial charge is 0.402 e. The highest BCUT2D eigenvalue weighted by atomic mass is 32.1. The Balaban J connectivity index is 1.93. The molecular formula is C18H21NS. The van der Waals surface area contributed by atoms with E-state index in [1.165, 1.54) is 16.7 Å². The fourth-order valence-corrected chi connectivity index (χ4v) is 3.86. The van der Waals surface area contributed by atoms with Crippen molar-refractivity contribution in [3.8, 4) is 0 Å². The molecule has 2 heteroatoms. The van der Waals surface area contributed by atoms with Gasteiger partial charge in [0.2, 0.25) is 0 Å². The summed E-state index contributed by atoms with van der Waals surface area (Å²) in [5, 5.41) is 0.195. The van der Waals surface area contributed by atoms with E-state index in [0.717, 1.165) is 31.4 Å². The summed E-state index contributed by atoms with van der Waals surface area (Å²) < 4.78 is 0. The average Bonchev–Trinajstić information content (AvgIpc) is 2.49. The van der Waals surface area contributed by atoms with Crippen LogP contribution in [0.25, 0.3) is 5.57 Å². The molecule has 0 bridgehead atoms. The molecule has 1 aromatic carbocycles. The van der Waals surface area contributed by atoms with Crippen LogP contribution in [0.1, 0.15) is 31.2 Å². The minimum absolute atomic E-state index is 0.195. The second kappa shape index (κ2) is 5.92. The summed E-state index contributed by atoms with van der Waals surface area (Å²) in [4.78, 5) is 0. The number of nitrogens with two attached hydrogens (primary N) is 1. The SMILES string of the molecule is NC1=C(c2ccccc2)C(S)C(C2=CCCC=C2)CC1. The van der Waals surface area contributed by atoms with Crippen LogP contribution >= 0.6 is 12.6 Å². The molecule has 0 fully saturated rings. The maximum atomic E-state index is 6.29. The van der Waals surface area contributed by atoms with Gasteiger partial charge in [-0.1, -0.05) is 48.6 Å². The second-order valence-electron chi connectivity index (χ2n) is 5.58. The van der Waals surface area contributed by atoms with Crippen molar-refractivity contribution in [2.75, 3.05) is 0 Å². The zero-order chi connectivity index (χ0) is 13.9. The normalized spacial score (nSPS) is 26.6. The van der Waals surface area contributed by atoms with Crippen LogP contribution in [-0.2, 0) is 0 Å². The van der Waals surface area contributed by atoms with Gasteiger partial charge >= 0.3 is 0 Å². The average molecular weight is 283 g/mol. The van der Waals surface area contributed by atoms with Gasteiger partial charge in [-0.05, 0) is 48.3 Å². The van der Waals surface area contributed by atoms with Crippen molar-refractivity contribution in [1.29, 1.82) is 0 Å². The Bertz CT molecular complexity index is 568. The van der Waals surface area contributed by atoms with Crippen molar-refractivity contribution in [3.63, 3.8) is 0 Å². The lowest BCUT2D eigenvalue weighted by atomic mass is 9.78. The molecule has 0 saturated carbocycles. The number of hydrogen-bond acceptors (Lipinski definition) is 2. The molecule has 0 amide bonds. The van der Waals surface area contributed by atoms with Gasteiger partial charge in [-0.3, -0.25) is 0 Å². The molecule has 104 valence electrons. The van der Waals surface area contributed by atoms with E-state index >= 15 is 0 Å². The van der Waals surface area contributed by atoms with Gasteiger partial charge in [-0.25, -0.2) is 0 Å². The first kappa shape index (κ1) is 13.6. The first-order valence-electron chi connectivity index (χ1n) is 7.36. The predicted molar refractivity (Wildman–Crippen MR) is 89.5 cm³/mol. The van der Waals surface area contributed by atoms with Crippen LogP contribution in [0.3, 0.4) is 0 Å². The molecular weight excluding hydrogens is 262 g/mol. The summed E-state index contributed by atoms with van der Waals surface area (Å²) in [5.41, 5.74) is 11.2. The molecule has 1 nitrogen and oxygen atoms in total. The molecule has 0 aliphatic heterocycles. The third-order valence-corrected chi connectivity index (χ3v) is 4.90. The minimum atomic E-state index is 0.195. The van der Waals surface area contributed by atoms with Gasteiger partial charge in [-0.15, -0.1) is 0 Å². The summed E-state index contributed by atoms with van der Waals surface area (Å²) in [7, 11) is 0. The molecule has 2 aliphatic carbocycles. The number of benzene rings is 1. The summed E-state index contributed by atoms with van der Waals surface area (Å²) >= 11 is 4.92. The number of rotatable bonds is 2. The lowest BCUT2D eigenvalue weighted by Gasteiger charge is -2.33. The summed E-state index contributed by atoms with van der Waals surface area (Å²) in [5.74, 6) is 0.484. The van der Waals surface area contributed by atoms with E-state index in [4.69, 9.17) is 18.4 Å². The van der Waals surface area contributed by atoms with Gasteiger partial charge in [0.25, 0.3) is 0 Å². The van der Waals surface area contributed by atoms with Crippen molar-refractivity contribution in [1.82, 2.24) is 0 Å². The molecule has 3 rings (SSSR count). The first-order chi connectivity index (χ1) is 9.77. The van der Waals surface area contributed by atoms with Gasteiger partial charge in [-0.2, -0.15) is 12.6 Å². The van der Waals surface area contributed by atoms with E-state index in [1.54, 1.807) is 0 Å². The highest BCUT2D eigenvalue weighted by Crippen LogP contribution is 2.41. The molecule has 0 saturated heterocycles. The Hall–Kier alpha value is -1.41. The zero-order valence-corrected chi connectivity index (χ0v) is 12.5. The molecule has 20 heavy (non-hydrogen) atoms. The third-order valence-electron chi connectivity index (χ3n) is 4.28. The Morgan fingerprint density at radius 2 is 1.90 bits per heavy atom. The van der Waals surface area contributed by atoms with E-state index in [0.29, 0.717) is 5.92 Å². The zero-order valence-electron chi connectivity index (χ0n) is 11.6. The number of allylic oxidation sites excluding steroid dienone is 5. The molecule has 2 N–H and O–H groups in total. The Morgan fingerprint density at radius 1 is 1.10 bits per heavy atom. The van der Waals surface area contributed by atoms with E-state index in [-0.39, 0.29) is 5.25 Å². The van der Waals surface area contributed by atoms with E-state index in [1.807, 2.05) is 6.07 Å². The molecule has 0 spiro atoms. The maximum Gasteiger partial charge on any atom is 0.0358 e. The van der Waals surface area contributed by atoms with Crippen molar-refractivity contribution in [2.24, 2.45) is 11.7 Å². The molecule has 0 radical (unpaired) electrons. The lowest BCUT2D eigenvalue weighted by molar-refractivity contribution is 0.564. The van der Waals surface area contributed by atoms with Crippen LogP contribution < -0.4 is 5.73 Å². The van der Waals surface area contributed by atoms with Crippen molar-refractivity contribution >= 4 is 18.2 Å². The van der Waals surface area contributed by atoms with Crippen LogP contribution in [-0.4, -0.2) is 5.25 Å². The molecule has 2 aliphatic rings. The van der Waals surface area contributed by atoms with Gasteiger partial charge in [0.15, 0.2) is 0 Å². The predicted octanol–water partition coefficient (Wildman–Crippen LogP) is 4.34. The minimum Gasteiger partial charge on any atom is -0.402 e. The van der Waals surface area contributed by atoms with E-state index in [9.17, 15) is 0 Å². The van der Waals surface area contributed by atoms with Crippen molar-refractivity contribution < 1.29 is 0 Å². The molecule has 0 aromatic heterocycles. The summed E-state index contributed by atoms with van der Waals surface area (Å²) in [6.07, 6.45) is 11.3. The molecule has 2 unspecified atom stereocenters. The van der Waals surface area contributed by atoms with Gasteiger partial charge in [0.1, 0.15) is 0 Å². The lowest BCUT2D eigenvalue weighted by Crippen LogP contribution is -2.27. The number of hydrogen-bond donors (Lipinski definition) is 2. The monoisotopic (exact) mass is 283 g/mol. The van der Waals surface area contributed by atoms with Crippen LogP contribution in [0, 0.1) is 5.92 Å². The number of thiol groups is 1. The molecule has 0 heterocycles. The maximum absolute atomic E-state index is 6.29. The van der Waals surface area contributed by atoms with Gasteiger partial charge < -0.3 is 5.73 Å². The standard InChI is InChI=1S/C18H21NS/c19-16-12-11-15(13-7-3-1-4-8-13)18(20)17(16)14-9-5-2-6-10-14/h2-3,5-10,15,18,20H,1,4,11-12,19H2. The summed E-state index contributed by atoms with van der Waals surface area (Å²) in [6, 6.07) is 10.5. The molecule has 1 aromatic rings. The highest BCUT2D eigenvalue weighted by Gasteiger charge is 2.30. The van der Waals surface area contributed by atoms with Crippen molar-refractivity contribution in [3.05, 3.63) is 65.4 Å². The second-order valence-corrected chi connectivity index (χ2v) is 6.14. The van der Waals surface area contributed by atoms with Crippen LogP contribution in [0.2, 0.25) is 0 Å². The van der Waals surface area contributed by atoms with Crippen molar-refractivity contribution in [2.45, 2.75) is 30.9 Å². The van der Waals surface area contributed by atoms with Gasteiger partial charge in [0.05, 0.1) is 0 Å². The third kappa shape index (κ3) is 2.57. The fourth-order valence-electron chi connectivity index (χ4n) is 3.23. The Labute approximate surface area is 126 Å². The quantitative estimate of drug-likeness (QED) is 0.776. The van der Waals surface area contributed by atoms with Crippen LogP contribution in [0.5, 0.6) is 0 Å². The highest BCUT2D eigenvalue weighted by molar-refractivity contribution is 7.81. The summed E-state index contributed by atoms with van der Waals surface area (Å²) in [6.45, 7) is 0. The van der Waals surface area contributed by atoms with E-state index < -0.39 is 0 Å². The Kier molecular flexibility index (Phi) is 4.02.